The van der Waals surface area contributed by atoms with Crippen LogP contribution in [0.2, 0.25) is 0 Å². The Bertz CT molecular complexity index is 711. The Hall–Kier alpha value is -2.47. The summed E-state index contributed by atoms with van der Waals surface area (Å²) in [6.45, 7) is 7.61. The molecule has 0 saturated carbocycles. The Morgan fingerprint density at radius 1 is 1.46 bits per heavy atom. The van der Waals surface area contributed by atoms with Crippen LogP contribution in [0.15, 0.2) is 40.5 Å². The number of thiophene rings is 1. The quantitative estimate of drug-likeness (QED) is 0.336. The van der Waals surface area contributed by atoms with Gasteiger partial charge in [-0.05, 0) is 25.8 Å². The molecule has 2 N–H and O–H groups in total. The summed E-state index contributed by atoms with van der Waals surface area (Å²) >= 11 is 1.39. The Kier molecular flexibility index (Phi) is 7.85. The predicted molar refractivity (Wildman–Crippen MR) is 106 cm³/mol. The molecule has 24 heavy (non-hydrogen) atoms. The number of hydrogen-bond acceptors (Lipinski definition) is 5. The molecule has 0 fully saturated rings. The maximum Gasteiger partial charge on any atom is 0.162 e. The van der Waals surface area contributed by atoms with E-state index in [1.165, 1.54) is 11.3 Å². The Balaban J connectivity index is 3.52. The van der Waals surface area contributed by atoms with E-state index >= 15 is 0 Å². The van der Waals surface area contributed by atoms with Gasteiger partial charge in [0.15, 0.2) is 6.29 Å². The van der Waals surface area contributed by atoms with Gasteiger partial charge in [0.05, 0.1) is 16.9 Å². The van der Waals surface area contributed by atoms with Crippen LogP contribution in [0.25, 0.3) is 5.70 Å². The highest BCUT2D eigenvalue weighted by molar-refractivity contribution is 7.14. The second-order valence-electron chi connectivity index (χ2n) is 5.08. The second-order valence-corrected chi connectivity index (χ2v) is 6.33. The first-order chi connectivity index (χ1) is 11.5. The van der Waals surface area contributed by atoms with Crippen LogP contribution >= 0.6 is 11.3 Å². The molecule has 0 atom stereocenters. The third-order valence-electron chi connectivity index (χ3n) is 3.21. The lowest BCUT2D eigenvalue weighted by atomic mass is 10.0. The van der Waals surface area contributed by atoms with Crippen LogP contribution in [-0.2, 0) is 0 Å². The molecular formula is C18H24N4OS. The summed E-state index contributed by atoms with van der Waals surface area (Å²) in [6, 6.07) is 0. The SMILES string of the molecule is C=CC/C(C=NC)=C(\N)c1c(C)sc(C=O)c1N=CN(C)/C=C/C. The minimum atomic E-state index is 0.557. The Labute approximate surface area is 147 Å². The molecular weight excluding hydrogens is 320 g/mol. The number of allylic oxidation sites excluding steroid dienone is 3. The van der Waals surface area contributed by atoms with E-state index in [1.54, 1.807) is 25.7 Å². The molecule has 5 nitrogen and oxygen atoms in total. The molecule has 1 heterocycles. The number of rotatable bonds is 8. The van der Waals surface area contributed by atoms with E-state index in [0.717, 1.165) is 22.3 Å². The molecule has 0 aliphatic heterocycles. The molecule has 0 aliphatic carbocycles. The number of aldehydes is 1. The summed E-state index contributed by atoms with van der Waals surface area (Å²) in [6.07, 6.45) is 10.3. The van der Waals surface area contributed by atoms with Crippen LogP contribution in [0.1, 0.15) is 33.5 Å². The van der Waals surface area contributed by atoms with Crippen LogP contribution in [0.3, 0.4) is 0 Å². The van der Waals surface area contributed by atoms with E-state index < -0.39 is 0 Å². The van der Waals surface area contributed by atoms with Crippen molar-refractivity contribution in [3.8, 4) is 0 Å². The van der Waals surface area contributed by atoms with Crippen LogP contribution in [0.4, 0.5) is 5.69 Å². The molecule has 0 saturated heterocycles. The van der Waals surface area contributed by atoms with Crippen molar-refractivity contribution in [2.75, 3.05) is 14.1 Å². The average Bonchev–Trinajstić information content (AvgIpc) is 2.88. The number of carbonyl (C=O) groups excluding carboxylic acids is 1. The summed E-state index contributed by atoms with van der Waals surface area (Å²) in [5.41, 5.74) is 9.17. The largest absolute Gasteiger partial charge is 0.398 e. The standard InChI is InChI=1S/C18H24N4OS/c1-6-8-14(10-20-4)17(19)16-13(3)24-15(11-23)18(16)21-12-22(5)9-7-2/h6-7,9-12H,1,8,19H2,2-5H3/b9-7+,17-14+,20-10?,21-12?. The van der Waals surface area contributed by atoms with Gasteiger partial charge >= 0.3 is 0 Å². The molecule has 0 aromatic carbocycles. The van der Waals surface area contributed by atoms with Crippen molar-refractivity contribution in [1.82, 2.24) is 4.90 Å². The third-order valence-corrected chi connectivity index (χ3v) is 4.23. The fraction of sp³-hybridized carbons (Fsp3) is 0.278. The van der Waals surface area contributed by atoms with Gasteiger partial charge in [0.2, 0.25) is 0 Å². The first kappa shape index (κ1) is 19.6. The summed E-state index contributed by atoms with van der Waals surface area (Å²) in [7, 11) is 3.56. The average molecular weight is 344 g/mol. The molecule has 0 amide bonds. The van der Waals surface area contributed by atoms with Crippen molar-refractivity contribution in [1.29, 1.82) is 0 Å². The van der Waals surface area contributed by atoms with E-state index in [1.807, 2.05) is 38.1 Å². The molecule has 6 heteroatoms. The molecule has 0 spiro atoms. The van der Waals surface area contributed by atoms with Gasteiger partial charge < -0.3 is 10.6 Å². The molecule has 1 aromatic rings. The minimum absolute atomic E-state index is 0.557. The van der Waals surface area contributed by atoms with Gasteiger partial charge in [-0.3, -0.25) is 9.79 Å². The predicted octanol–water partition coefficient (Wildman–Crippen LogP) is 3.94. The van der Waals surface area contributed by atoms with Crippen molar-refractivity contribution in [3.05, 3.63) is 45.8 Å². The van der Waals surface area contributed by atoms with Crippen molar-refractivity contribution < 1.29 is 4.79 Å². The molecule has 0 bridgehead atoms. The molecule has 1 rings (SSSR count). The van der Waals surface area contributed by atoms with Crippen LogP contribution in [-0.4, -0.2) is 37.8 Å². The molecule has 0 radical (unpaired) electrons. The maximum atomic E-state index is 11.4. The van der Waals surface area contributed by atoms with Crippen LogP contribution in [0, 0.1) is 6.92 Å². The summed E-state index contributed by atoms with van der Waals surface area (Å²) in [5, 5.41) is 0. The van der Waals surface area contributed by atoms with E-state index in [4.69, 9.17) is 5.73 Å². The zero-order valence-electron chi connectivity index (χ0n) is 14.6. The zero-order chi connectivity index (χ0) is 18.1. The van der Waals surface area contributed by atoms with Crippen molar-refractivity contribution >= 4 is 41.6 Å². The number of aliphatic imine (C=N–C) groups is 2. The highest BCUT2D eigenvalue weighted by atomic mass is 32.1. The van der Waals surface area contributed by atoms with Gasteiger partial charge in [-0.1, -0.05) is 12.2 Å². The zero-order valence-corrected chi connectivity index (χ0v) is 15.4. The van der Waals surface area contributed by atoms with E-state index in [2.05, 4.69) is 16.6 Å². The minimum Gasteiger partial charge on any atom is -0.398 e. The van der Waals surface area contributed by atoms with Crippen molar-refractivity contribution in [2.24, 2.45) is 15.7 Å². The number of carbonyl (C=O) groups is 1. The van der Waals surface area contributed by atoms with Crippen LogP contribution < -0.4 is 5.73 Å². The van der Waals surface area contributed by atoms with E-state index in [-0.39, 0.29) is 0 Å². The third kappa shape index (κ3) is 4.76. The first-order valence-corrected chi connectivity index (χ1v) is 8.31. The van der Waals surface area contributed by atoms with Gasteiger partial charge in [-0.15, -0.1) is 17.9 Å². The van der Waals surface area contributed by atoms with E-state index in [9.17, 15) is 4.79 Å². The Morgan fingerprint density at radius 2 is 2.17 bits per heavy atom. The number of hydrogen-bond donors (Lipinski definition) is 1. The van der Waals surface area contributed by atoms with Gasteiger partial charge in [0.25, 0.3) is 0 Å². The Morgan fingerprint density at radius 3 is 2.71 bits per heavy atom. The highest BCUT2D eigenvalue weighted by Gasteiger charge is 2.18. The number of aryl methyl sites for hydroxylation is 1. The van der Waals surface area contributed by atoms with Gasteiger partial charge in [-0.2, -0.15) is 0 Å². The summed E-state index contributed by atoms with van der Waals surface area (Å²) in [5.74, 6) is 0. The smallest absolute Gasteiger partial charge is 0.162 e. The topological polar surface area (TPSA) is 71.0 Å². The van der Waals surface area contributed by atoms with Gasteiger partial charge in [-0.25, -0.2) is 4.99 Å². The van der Waals surface area contributed by atoms with Gasteiger partial charge in [0, 0.05) is 42.6 Å². The molecule has 1 aromatic heterocycles. The maximum absolute atomic E-state index is 11.4. The normalized spacial score (nSPS) is 13.0. The molecule has 0 unspecified atom stereocenters. The monoisotopic (exact) mass is 344 g/mol. The summed E-state index contributed by atoms with van der Waals surface area (Å²) in [4.78, 5) is 23.3. The van der Waals surface area contributed by atoms with Crippen molar-refractivity contribution in [2.45, 2.75) is 20.3 Å². The lowest BCUT2D eigenvalue weighted by Gasteiger charge is -2.09. The fourth-order valence-corrected chi connectivity index (χ4v) is 3.14. The molecule has 128 valence electrons. The van der Waals surface area contributed by atoms with Gasteiger partial charge in [0.1, 0.15) is 0 Å². The lowest BCUT2D eigenvalue weighted by Crippen LogP contribution is -2.07. The number of nitrogens with two attached hydrogens (primary N) is 1. The second kappa shape index (κ2) is 9.62. The first-order valence-electron chi connectivity index (χ1n) is 7.49. The summed E-state index contributed by atoms with van der Waals surface area (Å²) < 4.78 is 0. The number of nitrogens with zero attached hydrogens (tertiary/aromatic N) is 3. The lowest BCUT2D eigenvalue weighted by molar-refractivity contribution is 0.112. The van der Waals surface area contributed by atoms with Crippen molar-refractivity contribution in [3.63, 3.8) is 0 Å². The molecule has 0 aliphatic rings. The van der Waals surface area contributed by atoms with Crippen LogP contribution in [0.5, 0.6) is 0 Å². The highest BCUT2D eigenvalue weighted by Crippen LogP contribution is 2.38. The fourth-order valence-electron chi connectivity index (χ4n) is 2.21. The van der Waals surface area contributed by atoms with E-state index in [0.29, 0.717) is 22.7 Å².